The van der Waals surface area contributed by atoms with E-state index in [2.05, 4.69) is 33.9 Å². The fourth-order valence-corrected chi connectivity index (χ4v) is 1.67. The summed E-state index contributed by atoms with van der Waals surface area (Å²) in [6.07, 6.45) is 6.34. The van der Waals surface area contributed by atoms with Crippen molar-refractivity contribution < 1.29 is 4.74 Å². The molecule has 1 heteroatoms. The molecule has 1 nitrogen and oxygen atoms in total. The van der Waals surface area contributed by atoms with Gasteiger partial charge in [-0.2, -0.15) is 0 Å². The summed E-state index contributed by atoms with van der Waals surface area (Å²) in [5, 5.41) is 0. The van der Waals surface area contributed by atoms with Gasteiger partial charge in [0.2, 0.25) is 0 Å². The molecule has 0 bridgehead atoms. The standard InChI is InChI=1S/C12H20O/c1-6-11(3,4)10-8-9-12(5,7-2)13-10/h6-7,10H,1-2,8-9H2,3-5H3/t10-,12-/m0/s1. The van der Waals surface area contributed by atoms with Crippen molar-refractivity contribution in [1.82, 2.24) is 0 Å². The minimum absolute atomic E-state index is 0.0702. The lowest BCUT2D eigenvalue weighted by Crippen LogP contribution is -2.30. The molecular formula is C12H20O. The lowest BCUT2D eigenvalue weighted by atomic mass is 9.85. The minimum atomic E-state index is -0.120. The van der Waals surface area contributed by atoms with E-state index in [0.717, 1.165) is 12.8 Å². The second kappa shape index (κ2) is 3.30. The molecule has 0 aliphatic carbocycles. The van der Waals surface area contributed by atoms with Crippen LogP contribution in [0.2, 0.25) is 0 Å². The first kappa shape index (κ1) is 10.5. The van der Waals surface area contributed by atoms with Crippen LogP contribution in [0.15, 0.2) is 25.3 Å². The Morgan fingerprint density at radius 2 is 2.08 bits per heavy atom. The SMILES string of the molecule is C=CC(C)(C)[C@@H]1CC[C@](C)(C=C)O1. The quantitative estimate of drug-likeness (QED) is 0.605. The zero-order valence-electron chi connectivity index (χ0n) is 8.97. The average Bonchev–Trinajstić information content (AvgIpc) is 2.50. The first-order valence-electron chi connectivity index (χ1n) is 4.88. The molecule has 0 aromatic carbocycles. The third-order valence-electron chi connectivity index (χ3n) is 3.10. The highest BCUT2D eigenvalue weighted by atomic mass is 16.5. The Morgan fingerprint density at radius 1 is 1.46 bits per heavy atom. The summed E-state index contributed by atoms with van der Waals surface area (Å²) >= 11 is 0. The number of ether oxygens (including phenoxy) is 1. The van der Waals surface area contributed by atoms with Gasteiger partial charge < -0.3 is 4.74 Å². The van der Waals surface area contributed by atoms with Crippen molar-refractivity contribution in [1.29, 1.82) is 0 Å². The third kappa shape index (κ3) is 2.02. The second-order valence-electron chi connectivity index (χ2n) is 4.69. The van der Waals surface area contributed by atoms with Crippen LogP contribution in [0.5, 0.6) is 0 Å². The molecule has 0 N–H and O–H groups in total. The molecule has 1 aliphatic rings. The molecule has 1 aliphatic heterocycles. The highest BCUT2D eigenvalue weighted by Crippen LogP contribution is 2.39. The van der Waals surface area contributed by atoms with Gasteiger partial charge in [0.1, 0.15) is 0 Å². The summed E-state index contributed by atoms with van der Waals surface area (Å²) < 4.78 is 5.96. The fourth-order valence-electron chi connectivity index (χ4n) is 1.67. The van der Waals surface area contributed by atoms with Crippen LogP contribution in [0.1, 0.15) is 33.6 Å². The summed E-state index contributed by atoms with van der Waals surface area (Å²) in [7, 11) is 0. The summed E-state index contributed by atoms with van der Waals surface area (Å²) in [5.74, 6) is 0. The Labute approximate surface area is 81.5 Å². The van der Waals surface area contributed by atoms with Gasteiger partial charge in [0, 0.05) is 5.41 Å². The molecule has 2 atom stereocenters. The van der Waals surface area contributed by atoms with Crippen LogP contribution in [0.25, 0.3) is 0 Å². The van der Waals surface area contributed by atoms with Gasteiger partial charge in [-0.1, -0.05) is 26.0 Å². The van der Waals surface area contributed by atoms with Crippen molar-refractivity contribution in [2.75, 3.05) is 0 Å². The lowest BCUT2D eigenvalue weighted by molar-refractivity contribution is -0.0361. The number of rotatable bonds is 3. The predicted octanol–water partition coefficient (Wildman–Crippen LogP) is 3.32. The summed E-state index contributed by atoms with van der Waals surface area (Å²) in [6.45, 7) is 14.1. The van der Waals surface area contributed by atoms with Gasteiger partial charge in [-0.05, 0) is 19.8 Å². The Hall–Kier alpha value is -0.560. The molecule has 1 heterocycles. The molecule has 0 aromatic rings. The van der Waals surface area contributed by atoms with Gasteiger partial charge in [-0.25, -0.2) is 0 Å². The maximum atomic E-state index is 5.96. The summed E-state index contributed by atoms with van der Waals surface area (Å²) in [5.41, 5.74) is -0.0499. The van der Waals surface area contributed by atoms with E-state index in [0.29, 0.717) is 0 Å². The Bertz CT molecular complexity index is 217. The van der Waals surface area contributed by atoms with Crippen molar-refractivity contribution in [3.63, 3.8) is 0 Å². The van der Waals surface area contributed by atoms with E-state index < -0.39 is 0 Å². The monoisotopic (exact) mass is 180 g/mol. The summed E-state index contributed by atoms with van der Waals surface area (Å²) in [4.78, 5) is 0. The highest BCUT2D eigenvalue weighted by molar-refractivity contribution is 5.04. The fraction of sp³-hybridized carbons (Fsp3) is 0.667. The van der Waals surface area contributed by atoms with Crippen molar-refractivity contribution in [3.8, 4) is 0 Å². The van der Waals surface area contributed by atoms with E-state index in [9.17, 15) is 0 Å². The van der Waals surface area contributed by atoms with Gasteiger partial charge in [-0.15, -0.1) is 13.2 Å². The number of hydrogen-bond donors (Lipinski definition) is 0. The van der Waals surface area contributed by atoms with E-state index in [1.54, 1.807) is 0 Å². The first-order valence-corrected chi connectivity index (χ1v) is 4.88. The van der Waals surface area contributed by atoms with E-state index in [1.807, 2.05) is 12.2 Å². The third-order valence-corrected chi connectivity index (χ3v) is 3.10. The van der Waals surface area contributed by atoms with Crippen molar-refractivity contribution in [2.45, 2.75) is 45.3 Å². The normalized spacial score (nSPS) is 34.5. The maximum Gasteiger partial charge on any atom is 0.0837 e. The van der Waals surface area contributed by atoms with Crippen LogP contribution in [0.4, 0.5) is 0 Å². The molecule has 0 unspecified atom stereocenters. The molecule has 1 saturated heterocycles. The number of hydrogen-bond acceptors (Lipinski definition) is 1. The van der Waals surface area contributed by atoms with Crippen molar-refractivity contribution in [3.05, 3.63) is 25.3 Å². The molecule has 74 valence electrons. The van der Waals surface area contributed by atoms with Gasteiger partial charge in [0.25, 0.3) is 0 Å². The second-order valence-corrected chi connectivity index (χ2v) is 4.69. The smallest absolute Gasteiger partial charge is 0.0837 e. The lowest BCUT2D eigenvalue weighted by Gasteiger charge is -2.30. The van der Waals surface area contributed by atoms with Crippen LogP contribution in [0, 0.1) is 5.41 Å². The van der Waals surface area contributed by atoms with E-state index in [1.165, 1.54) is 0 Å². The summed E-state index contributed by atoms with van der Waals surface area (Å²) in [6, 6.07) is 0. The molecular weight excluding hydrogens is 160 g/mol. The Morgan fingerprint density at radius 3 is 2.46 bits per heavy atom. The molecule has 1 fully saturated rings. The zero-order chi connectivity index (χ0) is 10.1. The van der Waals surface area contributed by atoms with Crippen molar-refractivity contribution in [2.24, 2.45) is 5.41 Å². The van der Waals surface area contributed by atoms with E-state index in [-0.39, 0.29) is 17.1 Å². The Kier molecular flexibility index (Phi) is 2.67. The Balaban J connectivity index is 2.69. The molecule has 0 spiro atoms. The van der Waals surface area contributed by atoms with Gasteiger partial charge in [-0.3, -0.25) is 0 Å². The van der Waals surface area contributed by atoms with Gasteiger partial charge in [0.15, 0.2) is 0 Å². The zero-order valence-corrected chi connectivity index (χ0v) is 8.97. The highest BCUT2D eigenvalue weighted by Gasteiger charge is 2.39. The maximum absolute atomic E-state index is 5.96. The molecule has 1 rings (SSSR count). The largest absolute Gasteiger partial charge is 0.367 e. The van der Waals surface area contributed by atoms with E-state index in [4.69, 9.17) is 4.74 Å². The van der Waals surface area contributed by atoms with Crippen LogP contribution in [-0.2, 0) is 4.74 Å². The van der Waals surface area contributed by atoms with Crippen LogP contribution in [0.3, 0.4) is 0 Å². The van der Waals surface area contributed by atoms with Gasteiger partial charge in [0.05, 0.1) is 11.7 Å². The molecule has 13 heavy (non-hydrogen) atoms. The molecule has 0 amide bonds. The van der Waals surface area contributed by atoms with Crippen LogP contribution < -0.4 is 0 Å². The van der Waals surface area contributed by atoms with E-state index >= 15 is 0 Å². The molecule has 0 radical (unpaired) electrons. The topological polar surface area (TPSA) is 9.23 Å². The molecule has 0 saturated carbocycles. The van der Waals surface area contributed by atoms with Crippen LogP contribution >= 0.6 is 0 Å². The predicted molar refractivity (Wildman–Crippen MR) is 56.7 cm³/mol. The first-order chi connectivity index (χ1) is 5.93. The van der Waals surface area contributed by atoms with Crippen LogP contribution in [-0.4, -0.2) is 11.7 Å². The van der Waals surface area contributed by atoms with Gasteiger partial charge >= 0.3 is 0 Å². The average molecular weight is 180 g/mol. The van der Waals surface area contributed by atoms with Crippen molar-refractivity contribution >= 4 is 0 Å². The minimum Gasteiger partial charge on any atom is -0.367 e. The molecule has 0 aromatic heterocycles.